The number of carbonyl (C=O) groups excluding carboxylic acids is 1. The highest BCUT2D eigenvalue weighted by molar-refractivity contribution is 5.82. The van der Waals surface area contributed by atoms with Gasteiger partial charge in [-0.25, -0.2) is 0 Å². The Balaban J connectivity index is 1.56. The smallest absolute Gasteiger partial charge is 0.322 e. The number of carboxylic acid groups (broad SMARTS) is 1. The summed E-state index contributed by atoms with van der Waals surface area (Å²) in [6.07, 6.45) is 5.61. The summed E-state index contributed by atoms with van der Waals surface area (Å²) < 4.78 is 0. The van der Waals surface area contributed by atoms with Gasteiger partial charge in [0.1, 0.15) is 6.54 Å². The molecule has 4 aliphatic rings. The van der Waals surface area contributed by atoms with Crippen LogP contribution in [0.1, 0.15) is 86.0 Å². The van der Waals surface area contributed by atoms with Crippen molar-refractivity contribution in [3.8, 4) is 0 Å². The lowest BCUT2D eigenvalue weighted by Crippen LogP contribution is -2.65. The normalized spacial score (nSPS) is 47.7. The molecule has 3 unspecified atom stereocenters. The van der Waals surface area contributed by atoms with Gasteiger partial charge in [-0.1, -0.05) is 41.0 Å². The monoisotopic (exact) mass is 507 g/mol. The van der Waals surface area contributed by atoms with Crippen LogP contribution in [0.3, 0.4) is 0 Å². The zero-order valence-corrected chi connectivity index (χ0v) is 22.8. The lowest BCUT2D eigenvalue weighted by atomic mass is 9.41. The molecule has 4 rings (SSSR count). The van der Waals surface area contributed by atoms with E-state index >= 15 is 0 Å². The Hall–Kier alpha value is -1.18. The molecule has 206 valence electrons. The summed E-state index contributed by atoms with van der Waals surface area (Å²) in [7, 11) is 0. The SMILES string of the molecule is CC[C@H]1[C@@H](O)C2C3CC[C@H]([C@H](C)C[C@H](C)C(=O)NCC(=O)O)[C@@]3(C)[C@@H](O)CC2[C@@]2(C)CC[C@@H](O)C[C@@H]12. The van der Waals surface area contributed by atoms with Gasteiger partial charge in [0.25, 0.3) is 0 Å². The maximum atomic E-state index is 12.4. The number of carboxylic acids is 1. The van der Waals surface area contributed by atoms with E-state index in [1.807, 2.05) is 6.92 Å². The van der Waals surface area contributed by atoms with Gasteiger partial charge in [-0.3, -0.25) is 9.59 Å². The van der Waals surface area contributed by atoms with E-state index < -0.39 is 18.2 Å². The van der Waals surface area contributed by atoms with Gasteiger partial charge in [0.2, 0.25) is 5.91 Å². The van der Waals surface area contributed by atoms with Crippen LogP contribution < -0.4 is 5.32 Å². The third kappa shape index (κ3) is 4.41. The maximum absolute atomic E-state index is 12.4. The van der Waals surface area contributed by atoms with Crippen molar-refractivity contribution in [1.29, 1.82) is 0 Å². The average Bonchev–Trinajstić information content (AvgIpc) is 3.18. The number of amides is 1. The topological polar surface area (TPSA) is 127 Å². The van der Waals surface area contributed by atoms with Crippen LogP contribution in [-0.2, 0) is 9.59 Å². The van der Waals surface area contributed by atoms with Crippen LogP contribution in [0, 0.1) is 58.2 Å². The van der Waals surface area contributed by atoms with Crippen molar-refractivity contribution in [2.45, 2.75) is 104 Å². The van der Waals surface area contributed by atoms with Gasteiger partial charge in [0.15, 0.2) is 0 Å². The molecular weight excluding hydrogens is 458 g/mol. The summed E-state index contributed by atoms with van der Waals surface area (Å²) in [5.41, 5.74) is -0.277. The Morgan fingerprint density at radius 2 is 1.69 bits per heavy atom. The molecule has 0 spiro atoms. The van der Waals surface area contributed by atoms with Gasteiger partial charge < -0.3 is 25.7 Å². The number of hydrogen-bond donors (Lipinski definition) is 5. The standard InChI is InChI=1S/C29H49NO6/c1-6-18-21-12-17(31)9-10-28(21,4)22-13-23(32)29(5)19(7-8-20(29)25(22)26(18)35)15(2)11-16(3)27(36)30-14-24(33)34/h15-23,25-26,31-32,35H,6-14H2,1-5H3,(H,30,36)(H,33,34)/t15-,16+,17-,18-,19-,20?,21+,22?,23+,25?,26-,28+,29-/m1/s1. The molecule has 4 aliphatic carbocycles. The molecule has 4 saturated carbocycles. The molecule has 13 atom stereocenters. The molecule has 36 heavy (non-hydrogen) atoms. The average molecular weight is 508 g/mol. The lowest BCUT2D eigenvalue weighted by molar-refractivity contribution is -0.228. The van der Waals surface area contributed by atoms with Crippen LogP contribution >= 0.6 is 0 Å². The van der Waals surface area contributed by atoms with Crippen LogP contribution in [0.15, 0.2) is 0 Å². The number of hydrogen-bond acceptors (Lipinski definition) is 5. The van der Waals surface area contributed by atoms with Gasteiger partial charge in [-0.05, 0) is 97.2 Å². The zero-order chi connectivity index (χ0) is 26.6. The zero-order valence-electron chi connectivity index (χ0n) is 22.8. The quantitative estimate of drug-likeness (QED) is 0.359. The van der Waals surface area contributed by atoms with Crippen LogP contribution in [0.25, 0.3) is 0 Å². The first kappa shape index (κ1) is 27.8. The van der Waals surface area contributed by atoms with E-state index in [1.54, 1.807) is 0 Å². The fourth-order valence-electron chi connectivity index (χ4n) is 10.1. The lowest BCUT2D eigenvalue weighted by Gasteiger charge is -2.65. The molecule has 7 nitrogen and oxygen atoms in total. The largest absolute Gasteiger partial charge is 0.480 e. The number of aliphatic hydroxyl groups is 3. The summed E-state index contributed by atoms with van der Waals surface area (Å²) in [5.74, 6) is 0.00272. The van der Waals surface area contributed by atoms with E-state index in [0.717, 1.165) is 38.5 Å². The summed E-state index contributed by atoms with van der Waals surface area (Å²) >= 11 is 0. The number of fused-ring (bicyclic) bond motifs is 5. The van der Waals surface area contributed by atoms with E-state index in [-0.39, 0.29) is 70.8 Å². The Morgan fingerprint density at radius 1 is 1.00 bits per heavy atom. The molecule has 7 heteroatoms. The van der Waals surface area contributed by atoms with Crippen molar-refractivity contribution in [2.24, 2.45) is 58.2 Å². The fourth-order valence-corrected chi connectivity index (χ4v) is 10.1. The van der Waals surface area contributed by atoms with Crippen molar-refractivity contribution in [2.75, 3.05) is 6.54 Å². The van der Waals surface area contributed by atoms with Gasteiger partial charge in [-0.15, -0.1) is 0 Å². The van der Waals surface area contributed by atoms with E-state index in [2.05, 4.69) is 33.0 Å². The first-order valence-corrected chi connectivity index (χ1v) is 14.4. The summed E-state index contributed by atoms with van der Waals surface area (Å²) in [6, 6.07) is 0. The third-order valence-corrected chi connectivity index (χ3v) is 11.8. The molecule has 0 aliphatic heterocycles. The molecule has 1 amide bonds. The Morgan fingerprint density at radius 3 is 2.33 bits per heavy atom. The van der Waals surface area contributed by atoms with E-state index in [1.165, 1.54) is 0 Å². The van der Waals surface area contributed by atoms with E-state index in [4.69, 9.17) is 5.11 Å². The van der Waals surface area contributed by atoms with Gasteiger partial charge in [0.05, 0.1) is 18.3 Å². The highest BCUT2D eigenvalue weighted by Gasteiger charge is 2.67. The van der Waals surface area contributed by atoms with Crippen molar-refractivity contribution < 1.29 is 30.0 Å². The molecular formula is C29H49NO6. The summed E-state index contributed by atoms with van der Waals surface area (Å²) in [6.45, 7) is 10.4. The Bertz CT molecular complexity index is 835. The number of carbonyl (C=O) groups is 2. The number of aliphatic hydroxyl groups excluding tert-OH is 3. The van der Waals surface area contributed by atoms with Crippen LogP contribution in [0.5, 0.6) is 0 Å². The van der Waals surface area contributed by atoms with Crippen LogP contribution in [0.2, 0.25) is 0 Å². The Labute approximate surface area is 216 Å². The van der Waals surface area contributed by atoms with Crippen molar-refractivity contribution in [1.82, 2.24) is 5.32 Å². The molecule has 0 bridgehead atoms. The van der Waals surface area contributed by atoms with Gasteiger partial charge in [0, 0.05) is 5.92 Å². The molecule has 0 aromatic rings. The molecule has 0 heterocycles. The molecule has 0 saturated heterocycles. The second-order valence-electron chi connectivity index (χ2n) is 13.4. The van der Waals surface area contributed by atoms with Crippen LogP contribution in [0.4, 0.5) is 0 Å². The first-order chi connectivity index (χ1) is 16.9. The van der Waals surface area contributed by atoms with Gasteiger partial charge in [-0.2, -0.15) is 0 Å². The fraction of sp³-hybridized carbons (Fsp3) is 0.931. The minimum Gasteiger partial charge on any atom is -0.480 e. The molecule has 0 radical (unpaired) electrons. The molecule has 4 fully saturated rings. The molecule has 0 aromatic heterocycles. The second-order valence-corrected chi connectivity index (χ2v) is 13.4. The number of nitrogens with one attached hydrogen (secondary N) is 1. The third-order valence-electron chi connectivity index (χ3n) is 11.8. The van der Waals surface area contributed by atoms with Crippen molar-refractivity contribution in [3.63, 3.8) is 0 Å². The van der Waals surface area contributed by atoms with Crippen molar-refractivity contribution >= 4 is 11.9 Å². The minimum atomic E-state index is -1.05. The second kappa shape index (κ2) is 10.2. The highest BCUT2D eigenvalue weighted by Crippen LogP contribution is 2.69. The van der Waals surface area contributed by atoms with E-state index in [0.29, 0.717) is 18.8 Å². The summed E-state index contributed by atoms with van der Waals surface area (Å²) in [5, 5.41) is 45.5. The predicted molar refractivity (Wildman–Crippen MR) is 137 cm³/mol. The Kier molecular flexibility index (Phi) is 7.87. The van der Waals surface area contributed by atoms with E-state index in [9.17, 15) is 24.9 Å². The maximum Gasteiger partial charge on any atom is 0.322 e. The molecule has 5 N–H and O–H groups in total. The van der Waals surface area contributed by atoms with Crippen molar-refractivity contribution in [3.05, 3.63) is 0 Å². The summed E-state index contributed by atoms with van der Waals surface area (Å²) in [4.78, 5) is 23.3. The first-order valence-electron chi connectivity index (χ1n) is 14.4. The molecule has 0 aromatic carbocycles. The van der Waals surface area contributed by atoms with Crippen LogP contribution in [-0.4, -0.2) is 57.2 Å². The van der Waals surface area contributed by atoms with Gasteiger partial charge >= 0.3 is 5.97 Å². The minimum absolute atomic E-state index is 0.0343. The predicted octanol–water partition coefficient (Wildman–Crippen LogP) is 3.45. The highest BCUT2D eigenvalue weighted by atomic mass is 16.4. The number of aliphatic carboxylic acids is 1. The number of rotatable bonds is 7.